The molecule has 2 rings (SSSR count). The molecule has 0 amide bonds. The molecule has 2 aromatic rings. The summed E-state index contributed by atoms with van der Waals surface area (Å²) in [4.78, 5) is 0. The summed E-state index contributed by atoms with van der Waals surface area (Å²) in [5.74, 6) is 0.815. The first-order chi connectivity index (χ1) is 9.40. The standard InChI is InChI=1S/C16H22N2O2/c1-10(2)20-14-8-6-13(7-9-14)16(19)15-11(3)17-18(5)12(15)4/h6-10,16,19H,1-5H3. The van der Waals surface area contributed by atoms with E-state index in [-0.39, 0.29) is 6.10 Å². The SMILES string of the molecule is Cc1nn(C)c(C)c1C(O)c1ccc(OC(C)C)cc1. The van der Waals surface area contributed by atoms with Gasteiger partial charge in [-0.1, -0.05) is 12.1 Å². The summed E-state index contributed by atoms with van der Waals surface area (Å²) < 4.78 is 7.40. The van der Waals surface area contributed by atoms with E-state index < -0.39 is 6.10 Å². The zero-order valence-electron chi connectivity index (χ0n) is 12.7. The number of benzene rings is 1. The Balaban J connectivity index is 2.27. The molecule has 0 spiro atoms. The molecular formula is C16H22N2O2. The fraction of sp³-hybridized carbons (Fsp3) is 0.438. The van der Waals surface area contributed by atoms with E-state index in [1.54, 1.807) is 4.68 Å². The second kappa shape index (κ2) is 5.67. The van der Waals surface area contributed by atoms with Crippen molar-refractivity contribution in [1.29, 1.82) is 0 Å². The van der Waals surface area contributed by atoms with Crippen LogP contribution in [0.15, 0.2) is 24.3 Å². The lowest BCUT2D eigenvalue weighted by Gasteiger charge is -2.14. The van der Waals surface area contributed by atoms with Crippen LogP contribution in [-0.2, 0) is 7.05 Å². The summed E-state index contributed by atoms with van der Waals surface area (Å²) in [5.41, 5.74) is 3.57. The Hall–Kier alpha value is -1.81. The second-order valence-electron chi connectivity index (χ2n) is 5.35. The van der Waals surface area contributed by atoms with Crippen LogP contribution < -0.4 is 4.74 Å². The van der Waals surface area contributed by atoms with Crippen LogP contribution in [0, 0.1) is 13.8 Å². The Labute approximate surface area is 120 Å². The molecule has 0 saturated carbocycles. The summed E-state index contributed by atoms with van der Waals surface area (Å²) >= 11 is 0. The number of ether oxygens (including phenoxy) is 1. The number of aliphatic hydroxyl groups excluding tert-OH is 1. The van der Waals surface area contributed by atoms with E-state index in [2.05, 4.69) is 5.10 Å². The molecule has 4 nitrogen and oxygen atoms in total. The highest BCUT2D eigenvalue weighted by atomic mass is 16.5. The van der Waals surface area contributed by atoms with Crippen molar-refractivity contribution in [2.75, 3.05) is 0 Å². The molecule has 0 bridgehead atoms. The van der Waals surface area contributed by atoms with Gasteiger partial charge in [-0.25, -0.2) is 0 Å². The third-order valence-electron chi connectivity index (χ3n) is 3.41. The van der Waals surface area contributed by atoms with Crippen LogP contribution >= 0.6 is 0 Å². The van der Waals surface area contributed by atoms with Gasteiger partial charge in [-0.05, 0) is 45.4 Å². The third-order valence-corrected chi connectivity index (χ3v) is 3.41. The molecule has 1 aromatic heterocycles. The van der Waals surface area contributed by atoms with Gasteiger partial charge < -0.3 is 9.84 Å². The van der Waals surface area contributed by atoms with Crippen molar-refractivity contribution < 1.29 is 9.84 Å². The first-order valence-electron chi connectivity index (χ1n) is 6.85. The molecule has 20 heavy (non-hydrogen) atoms. The van der Waals surface area contributed by atoms with Gasteiger partial charge in [-0.2, -0.15) is 5.10 Å². The van der Waals surface area contributed by atoms with Gasteiger partial charge in [0, 0.05) is 18.3 Å². The van der Waals surface area contributed by atoms with Gasteiger partial charge in [0.05, 0.1) is 11.8 Å². The molecule has 1 N–H and O–H groups in total. The number of hydrogen-bond donors (Lipinski definition) is 1. The number of nitrogens with zero attached hydrogens (tertiary/aromatic N) is 2. The van der Waals surface area contributed by atoms with Gasteiger partial charge in [0.2, 0.25) is 0 Å². The molecule has 0 saturated heterocycles. The summed E-state index contributed by atoms with van der Waals surface area (Å²) in [6.07, 6.45) is -0.509. The fourth-order valence-electron chi connectivity index (χ4n) is 2.35. The summed E-state index contributed by atoms with van der Waals surface area (Å²) in [6, 6.07) is 7.57. The first-order valence-corrected chi connectivity index (χ1v) is 6.85. The normalized spacial score (nSPS) is 12.8. The molecule has 0 aliphatic heterocycles. The van der Waals surface area contributed by atoms with Gasteiger partial charge in [0.25, 0.3) is 0 Å². The van der Waals surface area contributed by atoms with E-state index >= 15 is 0 Å². The first kappa shape index (κ1) is 14.6. The monoisotopic (exact) mass is 274 g/mol. The zero-order valence-corrected chi connectivity index (χ0v) is 12.7. The van der Waals surface area contributed by atoms with Crippen molar-refractivity contribution >= 4 is 0 Å². The minimum atomic E-state index is -0.656. The van der Waals surface area contributed by atoms with E-state index in [1.165, 1.54) is 0 Å². The maximum atomic E-state index is 10.5. The quantitative estimate of drug-likeness (QED) is 0.932. The van der Waals surface area contributed by atoms with Crippen molar-refractivity contribution in [2.45, 2.75) is 39.9 Å². The average molecular weight is 274 g/mol. The van der Waals surface area contributed by atoms with Crippen molar-refractivity contribution in [2.24, 2.45) is 7.05 Å². The minimum Gasteiger partial charge on any atom is -0.491 e. The van der Waals surface area contributed by atoms with Gasteiger partial charge >= 0.3 is 0 Å². The third kappa shape index (κ3) is 2.85. The summed E-state index contributed by atoms with van der Waals surface area (Å²) in [5, 5.41) is 14.9. The van der Waals surface area contributed by atoms with E-state index in [4.69, 9.17) is 4.74 Å². The van der Waals surface area contributed by atoms with E-state index in [1.807, 2.05) is 59.0 Å². The van der Waals surface area contributed by atoms with Crippen molar-refractivity contribution in [3.63, 3.8) is 0 Å². The Morgan fingerprint density at radius 2 is 1.75 bits per heavy atom. The highest BCUT2D eigenvalue weighted by Gasteiger charge is 2.19. The minimum absolute atomic E-state index is 0.147. The van der Waals surface area contributed by atoms with Gasteiger partial charge in [-0.3, -0.25) is 4.68 Å². The molecule has 4 heteroatoms. The Morgan fingerprint density at radius 1 is 1.15 bits per heavy atom. The molecule has 1 atom stereocenters. The van der Waals surface area contributed by atoms with E-state index in [0.29, 0.717) is 0 Å². The van der Waals surface area contributed by atoms with Gasteiger partial charge in [0.15, 0.2) is 0 Å². The van der Waals surface area contributed by atoms with Crippen LogP contribution in [0.2, 0.25) is 0 Å². The molecule has 1 aromatic carbocycles. The topological polar surface area (TPSA) is 47.3 Å². The fourth-order valence-corrected chi connectivity index (χ4v) is 2.35. The number of rotatable bonds is 4. The maximum Gasteiger partial charge on any atom is 0.119 e. The number of aliphatic hydroxyl groups is 1. The Bertz CT molecular complexity index is 585. The molecule has 1 heterocycles. The van der Waals surface area contributed by atoms with Crippen LogP contribution in [0.4, 0.5) is 0 Å². The highest BCUT2D eigenvalue weighted by molar-refractivity contribution is 5.37. The van der Waals surface area contributed by atoms with E-state index in [0.717, 1.165) is 28.3 Å². The van der Waals surface area contributed by atoms with Gasteiger partial charge in [0.1, 0.15) is 11.9 Å². The number of aromatic nitrogens is 2. The highest BCUT2D eigenvalue weighted by Crippen LogP contribution is 2.28. The molecule has 1 unspecified atom stereocenters. The Kier molecular flexibility index (Phi) is 4.14. The van der Waals surface area contributed by atoms with Crippen molar-refractivity contribution in [3.8, 4) is 5.75 Å². The Morgan fingerprint density at radius 3 is 2.20 bits per heavy atom. The number of hydrogen-bond acceptors (Lipinski definition) is 3. The molecular weight excluding hydrogens is 252 g/mol. The van der Waals surface area contributed by atoms with Crippen LogP contribution in [-0.4, -0.2) is 21.0 Å². The second-order valence-corrected chi connectivity index (χ2v) is 5.35. The average Bonchev–Trinajstić information content (AvgIpc) is 2.63. The predicted molar refractivity (Wildman–Crippen MR) is 78.9 cm³/mol. The van der Waals surface area contributed by atoms with Gasteiger partial charge in [-0.15, -0.1) is 0 Å². The van der Waals surface area contributed by atoms with Crippen LogP contribution in [0.5, 0.6) is 5.75 Å². The van der Waals surface area contributed by atoms with Crippen LogP contribution in [0.1, 0.15) is 42.5 Å². The zero-order chi connectivity index (χ0) is 14.9. The molecule has 0 aliphatic carbocycles. The predicted octanol–water partition coefficient (Wildman–Crippen LogP) is 2.91. The lowest BCUT2D eigenvalue weighted by Crippen LogP contribution is -2.06. The van der Waals surface area contributed by atoms with Crippen molar-refractivity contribution in [3.05, 3.63) is 46.8 Å². The molecule has 0 fully saturated rings. The largest absolute Gasteiger partial charge is 0.491 e. The lowest BCUT2D eigenvalue weighted by molar-refractivity contribution is 0.218. The van der Waals surface area contributed by atoms with Crippen molar-refractivity contribution in [1.82, 2.24) is 9.78 Å². The smallest absolute Gasteiger partial charge is 0.119 e. The summed E-state index contributed by atoms with van der Waals surface area (Å²) in [6.45, 7) is 7.87. The molecule has 0 aliphatic rings. The molecule has 108 valence electrons. The summed E-state index contributed by atoms with van der Waals surface area (Å²) in [7, 11) is 1.89. The maximum absolute atomic E-state index is 10.5. The number of aryl methyl sites for hydroxylation is 2. The van der Waals surface area contributed by atoms with E-state index in [9.17, 15) is 5.11 Å². The van der Waals surface area contributed by atoms with Crippen LogP contribution in [0.3, 0.4) is 0 Å². The van der Waals surface area contributed by atoms with Crippen LogP contribution in [0.25, 0.3) is 0 Å². The molecule has 0 radical (unpaired) electrons. The lowest BCUT2D eigenvalue weighted by atomic mass is 10.00.